The molecule has 1 aromatic carbocycles. The summed E-state index contributed by atoms with van der Waals surface area (Å²) in [5.74, 6) is -9.10. The number of nitrogens with zero attached hydrogens (tertiary/aromatic N) is 1. The van der Waals surface area contributed by atoms with E-state index in [1.807, 2.05) is 0 Å². The third-order valence-corrected chi connectivity index (χ3v) is 6.75. The van der Waals surface area contributed by atoms with Crippen molar-refractivity contribution in [3.8, 4) is 5.75 Å². The van der Waals surface area contributed by atoms with E-state index in [9.17, 15) is 44.7 Å². The van der Waals surface area contributed by atoms with Gasteiger partial charge in [0.15, 0.2) is 11.4 Å². The topological polar surface area (TPSA) is 199 Å². The molecule has 0 aromatic heterocycles. The van der Waals surface area contributed by atoms with Gasteiger partial charge in [0.25, 0.3) is 5.91 Å². The van der Waals surface area contributed by atoms with E-state index in [2.05, 4.69) is 0 Å². The van der Waals surface area contributed by atoms with E-state index in [-0.39, 0.29) is 30.4 Å². The predicted octanol–water partition coefficient (Wildman–Crippen LogP) is 0.345. The minimum absolute atomic E-state index is 0.00275. The number of aliphatic hydroxyl groups excluding tert-OH is 2. The average molecular weight is 458 g/mol. The van der Waals surface area contributed by atoms with Gasteiger partial charge in [0.1, 0.15) is 28.4 Å². The molecule has 11 nitrogen and oxygen atoms in total. The number of carbonyl (C=O) groups is 4. The van der Waals surface area contributed by atoms with E-state index in [4.69, 9.17) is 5.73 Å². The highest BCUT2D eigenvalue weighted by atomic mass is 16.4. The van der Waals surface area contributed by atoms with Gasteiger partial charge < -0.3 is 36.2 Å². The van der Waals surface area contributed by atoms with Crippen LogP contribution >= 0.6 is 0 Å². The number of aliphatic hydroxyl groups is 3. The van der Waals surface area contributed by atoms with Gasteiger partial charge in [-0.15, -0.1) is 0 Å². The highest BCUT2D eigenvalue weighted by Gasteiger charge is 2.59. The quantitative estimate of drug-likeness (QED) is 0.343. The monoisotopic (exact) mass is 458 g/mol. The van der Waals surface area contributed by atoms with Gasteiger partial charge in [-0.2, -0.15) is 0 Å². The number of allylic oxidation sites excluding steroid dienone is 2. The van der Waals surface area contributed by atoms with Crippen molar-refractivity contribution in [3.05, 3.63) is 45.4 Å². The summed E-state index contributed by atoms with van der Waals surface area (Å²) < 4.78 is 0. The molecule has 0 fully saturated rings. The minimum atomic E-state index is -2.67. The summed E-state index contributed by atoms with van der Waals surface area (Å²) in [7, 11) is 3.28. The minimum Gasteiger partial charge on any atom is -0.511 e. The smallest absolute Gasteiger partial charge is 0.339 e. The average Bonchev–Trinajstić information content (AvgIpc) is 2.70. The number of amides is 1. The van der Waals surface area contributed by atoms with E-state index in [0.29, 0.717) is 11.3 Å². The third-order valence-electron chi connectivity index (χ3n) is 6.75. The number of aromatic hydroxyl groups is 1. The van der Waals surface area contributed by atoms with Crippen LogP contribution in [0.25, 0.3) is 0 Å². The third kappa shape index (κ3) is 2.85. The fraction of sp³-hybridized carbons (Fsp3) is 0.364. The van der Waals surface area contributed by atoms with Gasteiger partial charge in [-0.3, -0.25) is 14.4 Å². The van der Waals surface area contributed by atoms with Gasteiger partial charge in [-0.1, -0.05) is 0 Å². The molecule has 0 spiro atoms. The normalized spacial score (nSPS) is 26.5. The van der Waals surface area contributed by atoms with Crippen LogP contribution in [0.1, 0.15) is 39.1 Å². The van der Waals surface area contributed by atoms with Crippen LogP contribution in [0.2, 0.25) is 0 Å². The molecular formula is C22H22N2O9. The molecule has 0 aliphatic heterocycles. The first-order valence-electron chi connectivity index (χ1n) is 10.1. The summed E-state index contributed by atoms with van der Waals surface area (Å²) in [5.41, 5.74) is 1.18. The zero-order valence-corrected chi connectivity index (χ0v) is 17.7. The summed E-state index contributed by atoms with van der Waals surface area (Å²) in [6.45, 7) is 0. The Labute approximate surface area is 187 Å². The number of carbonyl (C=O) groups excluding carboxylic acids is 3. The number of Topliss-reactive ketones (excluding diaryl/α,β-unsaturated/α-hetero) is 2. The lowest BCUT2D eigenvalue weighted by Gasteiger charge is -2.45. The zero-order valence-electron chi connectivity index (χ0n) is 17.7. The van der Waals surface area contributed by atoms with Crippen molar-refractivity contribution in [2.75, 3.05) is 19.0 Å². The Morgan fingerprint density at radius 2 is 1.79 bits per heavy atom. The number of primary amides is 1. The summed E-state index contributed by atoms with van der Waals surface area (Å²) in [6, 6.07) is 1.25. The van der Waals surface area contributed by atoms with Crippen molar-refractivity contribution in [2.24, 2.45) is 17.6 Å². The van der Waals surface area contributed by atoms with Gasteiger partial charge >= 0.3 is 5.97 Å². The summed E-state index contributed by atoms with van der Waals surface area (Å²) >= 11 is 0. The number of hydrogen-bond donors (Lipinski definition) is 6. The standard InChI is InChI=1S/C22H22N2O9/c1-24(2)11-6-10(21(31)32)16(26)14-9(11)4-7-3-8-5-12(25)15(20(23)30)19(29)22(8,33)18(28)13(7)17(14)27/h6-8,25-26,28,33H,3-5H2,1-2H3,(H2,23,30)(H,31,32)/t7-,8+,22+/m1/s1. The molecule has 7 N–H and O–H groups in total. The Morgan fingerprint density at radius 1 is 1.15 bits per heavy atom. The molecule has 4 rings (SSSR count). The first-order valence-corrected chi connectivity index (χ1v) is 10.1. The van der Waals surface area contributed by atoms with E-state index >= 15 is 0 Å². The van der Waals surface area contributed by atoms with Crippen LogP contribution in [0.5, 0.6) is 5.75 Å². The predicted molar refractivity (Wildman–Crippen MR) is 112 cm³/mol. The molecule has 3 aliphatic rings. The van der Waals surface area contributed by atoms with Crippen LogP contribution in [0, 0.1) is 11.8 Å². The van der Waals surface area contributed by atoms with Gasteiger partial charge in [-0.05, 0) is 30.4 Å². The summed E-state index contributed by atoms with van der Waals surface area (Å²) in [4.78, 5) is 51.3. The number of phenols is 1. The number of aromatic carboxylic acids is 1. The molecule has 1 aromatic rings. The van der Waals surface area contributed by atoms with Crippen molar-refractivity contribution >= 4 is 29.1 Å². The second-order valence-electron chi connectivity index (χ2n) is 8.76. The molecule has 3 atom stereocenters. The Bertz CT molecular complexity index is 1230. The van der Waals surface area contributed by atoms with Gasteiger partial charge in [0, 0.05) is 37.7 Å². The van der Waals surface area contributed by atoms with Crippen molar-refractivity contribution in [1.82, 2.24) is 0 Å². The zero-order chi connectivity index (χ0) is 24.6. The van der Waals surface area contributed by atoms with Crippen molar-refractivity contribution in [2.45, 2.75) is 24.9 Å². The second kappa shape index (κ2) is 7.07. The summed E-state index contributed by atoms with van der Waals surface area (Å²) in [5, 5.41) is 52.4. The van der Waals surface area contributed by atoms with E-state index < -0.39 is 69.3 Å². The van der Waals surface area contributed by atoms with Gasteiger partial charge in [-0.25, -0.2) is 4.79 Å². The Morgan fingerprint density at radius 3 is 2.33 bits per heavy atom. The highest BCUT2D eigenvalue weighted by Crippen LogP contribution is 2.52. The lowest BCUT2D eigenvalue weighted by atomic mass is 9.60. The van der Waals surface area contributed by atoms with E-state index in [1.54, 1.807) is 19.0 Å². The number of carboxylic acids is 1. The number of nitrogens with two attached hydrogens (primary N) is 1. The first kappa shape index (κ1) is 22.3. The molecule has 0 bridgehead atoms. The molecule has 0 radical (unpaired) electrons. The Balaban J connectivity index is 1.96. The molecule has 0 saturated heterocycles. The van der Waals surface area contributed by atoms with Crippen LogP contribution in [-0.4, -0.2) is 68.7 Å². The number of fused-ring (bicyclic) bond motifs is 3. The van der Waals surface area contributed by atoms with Crippen LogP contribution in [0.15, 0.2) is 28.7 Å². The number of hydrogen-bond acceptors (Lipinski definition) is 9. The van der Waals surface area contributed by atoms with Crippen LogP contribution in [0.3, 0.4) is 0 Å². The van der Waals surface area contributed by atoms with Crippen molar-refractivity contribution < 1.29 is 44.7 Å². The lowest BCUT2D eigenvalue weighted by Crippen LogP contribution is -2.57. The Kier molecular flexibility index (Phi) is 4.79. The molecule has 174 valence electrons. The van der Waals surface area contributed by atoms with Crippen molar-refractivity contribution in [1.29, 1.82) is 0 Å². The maximum Gasteiger partial charge on any atom is 0.339 e. The molecule has 0 unspecified atom stereocenters. The molecule has 0 saturated carbocycles. The van der Waals surface area contributed by atoms with Crippen LogP contribution in [-0.2, 0) is 16.0 Å². The second-order valence-corrected chi connectivity index (χ2v) is 8.76. The molecule has 0 heterocycles. The number of benzene rings is 1. The fourth-order valence-electron chi connectivity index (χ4n) is 5.23. The number of ketones is 2. The fourth-order valence-corrected chi connectivity index (χ4v) is 5.23. The summed E-state index contributed by atoms with van der Waals surface area (Å²) in [6.07, 6.45) is -0.230. The maximum absolute atomic E-state index is 13.5. The largest absolute Gasteiger partial charge is 0.511 e. The molecule has 33 heavy (non-hydrogen) atoms. The molecule has 1 amide bonds. The van der Waals surface area contributed by atoms with Crippen molar-refractivity contribution in [3.63, 3.8) is 0 Å². The van der Waals surface area contributed by atoms with E-state index in [1.165, 1.54) is 6.07 Å². The number of rotatable bonds is 3. The number of carboxylic acid groups (broad SMARTS) is 1. The molecule has 3 aliphatic carbocycles. The number of anilines is 1. The van der Waals surface area contributed by atoms with Gasteiger partial charge in [0.05, 0.1) is 5.56 Å². The maximum atomic E-state index is 13.5. The molecular weight excluding hydrogens is 436 g/mol. The lowest BCUT2D eigenvalue weighted by molar-refractivity contribution is -0.144. The van der Waals surface area contributed by atoms with Crippen LogP contribution in [0.4, 0.5) is 5.69 Å². The van der Waals surface area contributed by atoms with Gasteiger partial charge in [0.2, 0.25) is 5.78 Å². The van der Waals surface area contributed by atoms with Crippen LogP contribution < -0.4 is 10.6 Å². The SMILES string of the molecule is CN(C)c1cc(C(=O)O)c(O)c2c1C[C@H]1C[C@H]3CC(O)=C(C(N)=O)C(=O)[C@@]3(O)C(O)=C1C2=O. The highest BCUT2D eigenvalue weighted by molar-refractivity contribution is 6.24. The first-order chi connectivity index (χ1) is 15.3. The Hall–Kier alpha value is -3.86. The molecule has 11 heteroatoms. The van der Waals surface area contributed by atoms with E-state index in [0.717, 1.165) is 0 Å².